The van der Waals surface area contributed by atoms with Crippen molar-refractivity contribution < 1.29 is 14.3 Å². The number of ether oxygens (including phenoxy) is 2. The Bertz CT molecular complexity index is 1790. The maximum atomic E-state index is 13.1. The molecule has 5 aromatic rings. The number of pyridine rings is 1. The summed E-state index contributed by atoms with van der Waals surface area (Å²) in [5, 5.41) is 19.7. The monoisotopic (exact) mass is 615 g/mol. The third-order valence-electron chi connectivity index (χ3n) is 8.51. The number of morpholine rings is 1. The minimum absolute atomic E-state index is 0.0154. The molecule has 4 aromatic heterocycles. The van der Waals surface area contributed by atoms with Gasteiger partial charge in [-0.2, -0.15) is 5.10 Å². The molecule has 7 rings (SSSR count). The smallest absolute Gasteiger partial charge is 0.253 e. The van der Waals surface area contributed by atoms with E-state index in [1.807, 2.05) is 31.3 Å². The van der Waals surface area contributed by atoms with Gasteiger partial charge in [0.25, 0.3) is 5.91 Å². The van der Waals surface area contributed by atoms with Crippen LogP contribution in [0.5, 0.6) is 5.75 Å². The summed E-state index contributed by atoms with van der Waals surface area (Å²) in [5.74, 6) is 1.31. The van der Waals surface area contributed by atoms with Crippen LogP contribution >= 0.6 is 11.6 Å². The van der Waals surface area contributed by atoms with Gasteiger partial charge in [0, 0.05) is 37.3 Å². The number of fused-ring (bicyclic) bond motifs is 3. The Balaban J connectivity index is 1.08. The number of rotatable bonds is 7. The van der Waals surface area contributed by atoms with E-state index in [2.05, 4.69) is 37.8 Å². The van der Waals surface area contributed by atoms with Gasteiger partial charge in [-0.25, -0.2) is 9.50 Å². The van der Waals surface area contributed by atoms with E-state index in [1.54, 1.807) is 29.2 Å². The van der Waals surface area contributed by atoms with Crippen molar-refractivity contribution in [2.24, 2.45) is 0 Å². The Hall–Kier alpha value is -4.26. The summed E-state index contributed by atoms with van der Waals surface area (Å²) in [6, 6.07) is 7.48. The first-order valence-corrected chi connectivity index (χ1v) is 15.2. The van der Waals surface area contributed by atoms with Gasteiger partial charge in [0.1, 0.15) is 24.3 Å². The van der Waals surface area contributed by atoms with Crippen LogP contribution in [0, 0.1) is 6.92 Å². The van der Waals surface area contributed by atoms with Gasteiger partial charge in [-0.1, -0.05) is 23.7 Å². The number of hydrogen-bond acceptors (Lipinski definition) is 9. The number of aromatic nitrogens is 6. The molecule has 13 heteroatoms. The number of carbonyl (C=O) groups excluding carboxylic acids is 1. The molecular formula is C31H34ClN9O3. The number of halogens is 1. The van der Waals surface area contributed by atoms with Crippen molar-refractivity contribution in [3.63, 3.8) is 0 Å². The summed E-state index contributed by atoms with van der Waals surface area (Å²) in [6.07, 6.45) is 8.73. The van der Waals surface area contributed by atoms with E-state index in [-0.39, 0.29) is 17.6 Å². The van der Waals surface area contributed by atoms with E-state index in [4.69, 9.17) is 31.0 Å². The summed E-state index contributed by atoms with van der Waals surface area (Å²) in [5.41, 5.74) is 4.14. The molecule has 0 aliphatic carbocycles. The second-order valence-electron chi connectivity index (χ2n) is 11.7. The standard InChI is InChI=1S/C31H34ClN9O3/c1-19-4-3-5-24(32)27(19)30(42)37-31(2)6-9-40(10-7-31)26-16-34-25(15-35-26)22-12-20(44-18-21-13-33-8-11-43-21)17-41-28(22)23-14-36-38-29(23)39-41/h3-5,12,14-17,21,33H,6-11,13,18H2,1-2H3,(H,37,42)(H,38,39)/t21-/m0/s1. The zero-order valence-electron chi connectivity index (χ0n) is 24.6. The highest BCUT2D eigenvalue weighted by Gasteiger charge is 2.33. The predicted molar refractivity (Wildman–Crippen MR) is 167 cm³/mol. The summed E-state index contributed by atoms with van der Waals surface area (Å²) in [4.78, 5) is 24.9. The quantitative estimate of drug-likeness (QED) is 0.250. The Labute approximate surface area is 259 Å². The lowest BCUT2D eigenvalue weighted by Gasteiger charge is -2.40. The Morgan fingerprint density at radius 3 is 2.84 bits per heavy atom. The number of hydrogen-bond donors (Lipinski definition) is 3. The Kier molecular flexibility index (Phi) is 7.57. The highest BCUT2D eigenvalue weighted by Crippen LogP contribution is 2.33. The van der Waals surface area contributed by atoms with Gasteiger partial charge < -0.3 is 25.0 Å². The summed E-state index contributed by atoms with van der Waals surface area (Å²) >= 11 is 6.34. The molecule has 1 atom stereocenters. The molecule has 3 N–H and O–H groups in total. The van der Waals surface area contributed by atoms with Gasteiger partial charge in [0.2, 0.25) is 0 Å². The maximum Gasteiger partial charge on any atom is 0.253 e. The number of benzene rings is 1. The van der Waals surface area contributed by atoms with Crippen molar-refractivity contribution in [2.75, 3.05) is 44.3 Å². The Morgan fingerprint density at radius 2 is 2.09 bits per heavy atom. The van der Waals surface area contributed by atoms with Crippen molar-refractivity contribution in [1.82, 2.24) is 40.4 Å². The molecule has 2 aliphatic rings. The zero-order valence-corrected chi connectivity index (χ0v) is 25.4. The number of aryl methyl sites for hydroxylation is 1. The number of aromatic amines is 1. The third-order valence-corrected chi connectivity index (χ3v) is 8.83. The second-order valence-corrected chi connectivity index (χ2v) is 12.1. The molecule has 2 aliphatic heterocycles. The normalized spacial score (nSPS) is 18.5. The molecule has 44 heavy (non-hydrogen) atoms. The SMILES string of the molecule is Cc1cccc(Cl)c1C(=O)NC1(C)CCN(c2cnc(-c3cc(OC[C@@H]4CNCCO4)cn4nc5[nH]ncc5c34)cn2)CC1. The van der Waals surface area contributed by atoms with Crippen molar-refractivity contribution in [2.45, 2.75) is 38.3 Å². The number of piperidine rings is 1. The van der Waals surface area contributed by atoms with Crippen LogP contribution in [0.1, 0.15) is 35.7 Å². The van der Waals surface area contributed by atoms with E-state index >= 15 is 0 Å². The molecule has 0 radical (unpaired) electrons. The molecule has 0 spiro atoms. The molecule has 1 amide bonds. The van der Waals surface area contributed by atoms with Crippen LogP contribution < -0.4 is 20.3 Å². The lowest BCUT2D eigenvalue weighted by molar-refractivity contribution is 0.000108. The highest BCUT2D eigenvalue weighted by atomic mass is 35.5. The van der Waals surface area contributed by atoms with Crippen molar-refractivity contribution >= 4 is 39.9 Å². The number of nitrogens with one attached hydrogen (secondary N) is 3. The van der Waals surface area contributed by atoms with E-state index in [1.165, 1.54) is 0 Å². The molecule has 2 fully saturated rings. The molecular weight excluding hydrogens is 582 g/mol. The Morgan fingerprint density at radius 1 is 1.23 bits per heavy atom. The molecule has 6 heterocycles. The highest BCUT2D eigenvalue weighted by molar-refractivity contribution is 6.34. The van der Waals surface area contributed by atoms with E-state index in [0.29, 0.717) is 40.9 Å². The van der Waals surface area contributed by atoms with E-state index in [9.17, 15) is 4.79 Å². The molecule has 2 saturated heterocycles. The van der Waals surface area contributed by atoms with Crippen LogP contribution in [0.15, 0.2) is 49.1 Å². The number of amides is 1. The van der Waals surface area contributed by atoms with Crippen molar-refractivity contribution in [3.8, 4) is 17.0 Å². The molecule has 0 bridgehead atoms. The van der Waals surface area contributed by atoms with Gasteiger partial charge in [-0.3, -0.25) is 14.9 Å². The van der Waals surface area contributed by atoms with Crippen LogP contribution in [-0.4, -0.2) is 86.7 Å². The van der Waals surface area contributed by atoms with Gasteiger partial charge in [-0.15, -0.1) is 5.10 Å². The van der Waals surface area contributed by atoms with Gasteiger partial charge in [-0.05, 0) is 44.4 Å². The largest absolute Gasteiger partial charge is 0.489 e. The van der Waals surface area contributed by atoms with Crippen molar-refractivity contribution in [1.29, 1.82) is 0 Å². The van der Waals surface area contributed by atoms with Crippen LogP contribution in [0.3, 0.4) is 0 Å². The fraction of sp³-hybridized carbons (Fsp3) is 0.387. The summed E-state index contributed by atoms with van der Waals surface area (Å²) < 4.78 is 13.7. The zero-order chi connectivity index (χ0) is 30.3. The maximum absolute atomic E-state index is 13.1. The van der Waals surface area contributed by atoms with Gasteiger partial charge in [0.05, 0.1) is 58.6 Å². The number of H-pyrrole nitrogens is 1. The summed E-state index contributed by atoms with van der Waals surface area (Å²) in [7, 11) is 0. The fourth-order valence-electron chi connectivity index (χ4n) is 5.96. The van der Waals surface area contributed by atoms with Gasteiger partial charge in [0.15, 0.2) is 5.65 Å². The number of anilines is 1. The van der Waals surface area contributed by atoms with Crippen LogP contribution in [0.2, 0.25) is 5.02 Å². The first-order chi connectivity index (χ1) is 21.4. The minimum Gasteiger partial charge on any atom is -0.489 e. The lowest BCUT2D eigenvalue weighted by Crippen LogP contribution is -2.53. The van der Waals surface area contributed by atoms with Crippen LogP contribution in [0.25, 0.3) is 27.8 Å². The van der Waals surface area contributed by atoms with Crippen molar-refractivity contribution in [3.05, 3.63) is 65.2 Å². The average Bonchev–Trinajstić information content (AvgIpc) is 3.62. The minimum atomic E-state index is -0.352. The fourth-order valence-corrected chi connectivity index (χ4v) is 6.27. The lowest BCUT2D eigenvalue weighted by atomic mass is 9.89. The van der Waals surface area contributed by atoms with Gasteiger partial charge >= 0.3 is 0 Å². The van der Waals surface area contributed by atoms with Crippen LogP contribution in [0.4, 0.5) is 5.82 Å². The van der Waals surface area contributed by atoms with Crippen LogP contribution in [-0.2, 0) is 4.74 Å². The van der Waals surface area contributed by atoms with E-state index < -0.39 is 0 Å². The molecule has 228 valence electrons. The molecule has 0 unspecified atom stereocenters. The third kappa shape index (κ3) is 5.56. The topological polar surface area (TPSA) is 135 Å². The first-order valence-electron chi connectivity index (χ1n) is 14.8. The second kappa shape index (κ2) is 11.7. The van der Waals surface area contributed by atoms with E-state index in [0.717, 1.165) is 66.9 Å². The number of carbonyl (C=O) groups is 1. The molecule has 0 saturated carbocycles. The molecule has 1 aromatic carbocycles. The number of nitrogens with zero attached hydrogens (tertiary/aromatic N) is 6. The predicted octanol–water partition coefficient (Wildman–Crippen LogP) is 3.79. The average molecular weight is 616 g/mol. The molecule has 12 nitrogen and oxygen atoms in total. The summed E-state index contributed by atoms with van der Waals surface area (Å²) in [6.45, 7) is 8.15. The first kappa shape index (κ1) is 28.5.